The SMILES string of the molecule is Cc1ccc(OCCC(=O)NNC(=O)c2ccc3c(c2)OCO3)cc1. The Morgan fingerprint density at radius 1 is 1.04 bits per heavy atom. The molecule has 2 aromatic rings. The molecule has 0 aliphatic carbocycles. The van der Waals surface area contributed by atoms with Crippen molar-refractivity contribution in [2.45, 2.75) is 13.3 Å². The van der Waals surface area contributed by atoms with Crippen molar-refractivity contribution in [3.63, 3.8) is 0 Å². The predicted molar refractivity (Wildman–Crippen MR) is 89.5 cm³/mol. The van der Waals surface area contributed by atoms with Gasteiger partial charge in [0.2, 0.25) is 12.7 Å². The summed E-state index contributed by atoms with van der Waals surface area (Å²) in [7, 11) is 0. The molecule has 0 fully saturated rings. The standard InChI is InChI=1S/C18H18N2O5/c1-12-2-5-14(6-3-12)23-9-8-17(21)19-20-18(22)13-4-7-15-16(10-13)25-11-24-15/h2-7,10H,8-9,11H2,1H3,(H,19,21)(H,20,22). The van der Waals surface area contributed by atoms with Gasteiger partial charge in [0.15, 0.2) is 11.5 Å². The first-order valence-electron chi connectivity index (χ1n) is 7.80. The highest BCUT2D eigenvalue weighted by molar-refractivity contribution is 5.96. The number of rotatable bonds is 5. The molecule has 0 bridgehead atoms. The molecule has 0 atom stereocenters. The number of carbonyl (C=O) groups excluding carboxylic acids is 2. The smallest absolute Gasteiger partial charge is 0.269 e. The van der Waals surface area contributed by atoms with Crippen LogP contribution in [-0.2, 0) is 4.79 Å². The van der Waals surface area contributed by atoms with E-state index in [0.29, 0.717) is 22.8 Å². The Hall–Kier alpha value is -3.22. The van der Waals surface area contributed by atoms with Gasteiger partial charge in [-0.3, -0.25) is 20.4 Å². The van der Waals surface area contributed by atoms with Crippen LogP contribution in [0, 0.1) is 6.92 Å². The lowest BCUT2D eigenvalue weighted by Crippen LogP contribution is -2.42. The third kappa shape index (κ3) is 4.41. The van der Waals surface area contributed by atoms with Crippen molar-refractivity contribution in [2.75, 3.05) is 13.4 Å². The monoisotopic (exact) mass is 342 g/mol. The van der Waals surface area contributed by atoms with Gasteiger partial charge in [-0.2, -0.15) is 0 Å². The van der Waals surface area contributed by atoms with Gasteiger partial charge < -0.3 is 14.2 Å². The van der Waals surface area contributed by atoms with Gasteiger partial charge in [0, 0.05) is 5.56 Å². The van der Waals surface area contributed by atoms with Crippen molar-refractivity contribution in [2.24, 2.45) is 0 Å². The number of hydrazine groups is 1. The minimum absolute atomic E-state index is 0.120. The molecule has 0 saturated carbocycles. The maximum absolute atomic E-state index is 12.0. The summed E-state index contributed by atoms with van der Waals surface area (Å²) in [6, 6.07) is 12.3. The van der Waals surface area contributed by atoms with Gasteiger partial charge >= 0.3 is 0 Å². The molecule has 0 unspecified atom stereocenters. The number of ether oxygens (including phenoxy) is 3. The van der Waals surface area contributed by atoms with Gasteiger partial charge in [0.25, 0.3) is 5.91 Å². The third-order valence-electron chi connectivity index (χ3n) is 3.57. The minimum Gasteiger partial charge on any atom is -0.493 e. The summed E-state index contributed by atoms with van der Waals surface area (Å²) < 4.78 is 15.9. The third-order valence-corrected chi connectivity index (χ3v) is 3.57. The van der Waals surface area contributed by atoms with E-state index in [4.69, 9.17) is 14.2 Å². The minimum atomic E-state index is -0.439. The second-order valence-electron chi connectivity index (χ2n) is 5.48. The predicted octanol–water partition coefficient (Wildman–Crippen LogP) is 1.95. The van der Waals surface area contributed by atoms with E-state index in [9.17, 15) is 9.59 Å². The number of benzene rings is 2. The molecule has 0 aromatic heterocycles. The van der Waals surface area contributed by atoms with E-state index in [1.807, 2.05) is 31.2 Å². The van der Waals surface area contributed by atoms with Crippen molar-refractivity contribution in [3.05, 3.63) is 53.6 Å². The number of carbonyl (C=O) groups is 2. The fourth-order valence-electron chi connectivity index (χ4n) is 2.19. The molecule has 2 amide bonds. The fraction of sp³-hybridized carbons (Fsp3) is 0.222. The summed E-state index contributed by atoms with van der Waals surface area (Å²) in [4.78, 5) is 23.8. The van der Waals surface area contributed by atoms with E-state index in [1.165, 1.54) is 0 Å². The molecule has 1 aliphatic heterocycles. The Kier molecular flexibility index (Phi) is 5.03. The van der Waals surface area contributed by atoms with Crippen molar-refractivity contribution >= 4 is 11.8 Å². The molecule has 1 heterocycles. The summed E-state index contributed by atoms with van der Waals surface area (Å²) in [5.41, 5.74) is 6.21. The molecule has 1 aliphatic rings. The van der Waals surface area contributed by atoms with Crippen molar-refractivity contribution in [1.29, 1.82) is 0 Å². The van der Waals surface area contributed by atoms with Gasteiger partial charge in [-0.1, -0.05) is 17.7 Å². The summed E-state index contributed by atoms with van der Waals surface area (Å²) >= 11 is 0. The number of hydrogen-bond acceptors (Lipinski definition) is 5. The molecular weight excluding hydrogens is 324 g/mol. The van der Waals surface area contributed by atoms with E-state index in [1.54, 1.807) is 18.2 Å². The van der Waals surface area contributed by atoms with E-state index in [2.05, 4.69) is 10.9 Å². The molecule has 3 rings (SSSR count). The topological polar surface area (TPSA) is 85.9 Å². The van der Waals surface area contributed by atoms with Crippen LogP contribution in [-0.4, -0.2) is 25.2 Å². The number of hydrogen-bond donors (Lipinski definition) is 2. The van der Waals surface area contributed by atoms with Crippen LogP contribution in [0.3, 0.4) is 0 Å². The highest BCUT2D eigenvalue weighted by atomic mass is 16.7. The van der Waals surface area contributed by atoms with Crippen LogP contribution in [0.15, 0.2) is 42.5 Å². The normalized spacial score (nSPS) is 11.7. The van der Waals surface area contributed by atoms with Gasteiger partial charge in [-0.05, 0) is 37.3 Å². The zero-order valence-electron chi connectivity index (χ0n) is 13.7. The first-order chi connectivity index (χ1) is 12.1. The van der Waals surface area contributed by atoms with Crippen molar-refractivity contribution < 1.29 is 23.8 Å². The Morgan fingerprint density at radius 3 is 2.60 bits per heavy atom. The zero-order valence-corrected chi connectivity index (χ0v) is 13.7. The van der Waals surface area contributed by atoms with E-state index in [-0.39, 0.29) is 25.7 Å². The highest BCUT2D eigenvalue weighted by Crippen LogP contribution is 2.32. The lowest BCUT2D eigenvalue weighted by atomic mass is 10.2. The van der Waals surface area contributed by atoms with E-state index >= 15 is 0 Å². The zero-order chi connectivity index (χ0) is 17.6. The lowest BCUT2D eigenvalue weighted by molar-refractivity contribution is -0.122. The molecule has 7 nitrogen and oxygen atoms in total. The van der Waals surface area contributed by atoms with E-state index < -0.39 is 5.91 Å². The second kappa shape index (κ2) is 7.57. The molecule has 25 heavy (non-hydrogen) atoms. The first kappa shape index (κ1) is 16.6. The number of aryl methyl sites for hydroxylation is 1. The van der Waals surface area contributed by atoms with Crippen LogP contribution in [0.5, 0.6) is 17.2 Å². The molecule has 7 heteroatoms. The van der Waals surface area contributed by atoms with Crippen LogP contribution < -0.4 is 25.1 Å². The maximum atomic E-state index is 12.0. The summed E-state index contributed by atoms with van der Waals surface area (Å²) in [5.74, 6) is 1.01. The summed E-state index contributed by atoms with van der Waals surface area (Å²) in [6.45, 7) is 2.34. The Balaban J connectivity index is 1.41. The number of nitrogens with one attached hydrogen (secondary N) is 2. The second-order valence-corrected chi connectivity index (χ2v) is 5.48. The van der Waals surface area contributed by atoms with Crippen molar-refractivity contribution in [1.82, 2.24) is 10.9 Å². The number of amides is 2. The lowest BCUT2D eigenvalue weighted by Gasteiger charge is -2.09. The summed E-state index contributed by atoms with van der Waals surface area (Å²) in [5, 5.41) is 0. The largest absolute Gasteiger partial charge is 0.493 e. The molecule has 0 radical (unpaired) electrons. The van der Waals surface area contributed by atoms with Crippen LogP contribution in [0.2, 0.25) is 0 Å². The number of fused-ring (bicyclic) bond motifs is 1. The molecule has 0 saturated heterocycles. The molecular formula is C18H18N2O5. The van der Waals surface area contributed by atoms with Gasteiger partial charge in [0.05, 0.1) is 13.0 Å². The molecule has 130 valence electrons. The van der Waals surface area contributed by atoms with Crippen LogP contribution >= 0.6 is 0 Å². The highest BCUT2D eigenvalue weighted by Gasteiger charge is 2.16. The Bertz CT molecular complexity index is 774. The molecule has 0 spiro atoms. The average Bonchev–Trinajstić information content (AvgIpc) is 3.09. The molecule has 2 aromatic carbocycles. The Labute approximate surface area is 144 Å². The average molecular weight is 342 g/mol. The van der Waals surface area contributed by atoms with Gasteiger partial charge in [0.1, 0.15) is 5.75 Å². The van der Waals surface area contributed by atoms with Crippen LogP contribution in [0.4, 0.5) is 0 Å². The molecule has 2 N–H and O–H groups in total. The first-order valence-corrected chi connectivity index (χ1v) is 7.80. The van der Waals surface area contributed by atoms with Gasteiger partial charge in [-0.25, -0.2) is 0 Å². The summed E-state index contributed by atoms with van der Waals surface area (Å²) in [6.07, 6.45) is 0.120. The van der Waals surface area contributed by atoms with Crippen LogP contribution in [0.1, 0.15) is 22.3 Å². The maximum Gasteiger partial charge on any atom is 0.269 e. The van der Waals surface area contributed by atoms with Gasteiger partial charge in [-0.15, -0.1) is 0 Å². The Morgan fingerprint density at radius 2 is 1.80 bits per heavy atom. The van der Waals surface area contributed by atoms with Crippen LogP contribution in [0.25, 0.3) is 0 Å². The van der Waals surface area contributed by atoms with E-state index in [0.717, 1.165) is 5.56 Å². The fourth-order valence-corrected chi connectivity index (χ4v) is 2.19. The van der Waals surface area contributed by atoms with Crippen molar-refractivity contribution in [3.8, 4) is 17.2 Å². The quantitative estimate of drug-likeness (QED) is 0.811.